The molecule has 36 heavy (non-hydrogen) atoms. The number of esters is 1. The van der Waals surface area contributed by atoms with Crippen LogP contribution < -0.4 is 0 Å². The summed E-state index contributed by atoms with van der Waals surface area (Å²) in [7, 11) is 0. The lowest BCUT2D eigenvalue weighted by Crippen LogP contribution is -2.36. The van der Waals surface area contributed by atoms with Gasteiger partial charge < -0.3 is 9.84 Å². The minimum Gasteiger partial charge on any atom is -0.460 e. The number of rotatable bonds is 11. The smallest absolute Gasteiger partial charge is 0.306 e. The quantitative estimate of drug-likeness (QED) is 0.228. The summed E-state index contributed by atoms with van der Waals surface area (Å²) in [6.07, 6.45) is 20.5. The number of ether oxygens (including phenoxy) is 1. The maximum Gasteiger partial charge on any atom is 0.306 e. The predicted molar refractivity (Wildman–Crippen MR) is 151 cm³/mol. The van der Waals surface area contributed by atoms with Crippen LogP contribution in [0.25, 0.3) is 0 Å². The molecule has 0 bridgehead atoms. The highest BCUT2D eigenvalue weighted by molar-refractivity contribution is 5.69. The molecule has 3 nitrogen and oxygen atoms in total. The van der Waals surface area contributed by atoms with Gasteiger partial charge >= 0.3 is 5.97 Å². The van der Waals surface area contributed by atoms with Crippen molar-refractivity contribution in [3.63, 3.8) is 0 Å². The van der Waals surface area contributed by atoms with Gasteiger partial charge in [0.15, 0.2) is 0 Å². The van der Waals surface area contributed by atoms with E-state index in [1.54, 1.807) is 5.57 Å². The molecule has 0 amide bonds. The Bertz CT molecular complexity index is 819. The van der Waals surface area contributed by atoms with E-state index in [2.05, 4.69) is 53.3 Å². The number of fused-ring (bicyclic) bond motifs is 1. The molecule has 0 aromatic heterocycles. The van der Waals surface area contributed by atoms with Gasteiger partial charge in [0.05, 0.1) is 6.10 Å². The molecule has 3 fully saturated rings. The summed E-state index contributed by atoms with van der Waals surface area (Å²) in [5, 5.41) is 10.1. The van der Waals surface area contributed by atoms with Crippen LogP contribution in [0.5, 0.6) is 0 Å². The van der Waals surface area contributed by atoms with Crippen molar-refractivity contribution in [2.75, 3.05) is 0 Å². The van der Waals surface area contributed by atoms with Crippen LogP contribution in [0.1, 0.15) is 131 Å². The molecule has 3 aliphatic rings. The highest BCUT2D eigenvalue weighted by atomic mass is 16.6. The van der Waals surface area contributed by atoms with E-state index in [-0.39, 0.29) is 17.7 Å². The fourth-order valence-corrected chi connectivity index (χ4v) is 7.59. The van der Waals surface area contributed by atoms with Crippen molar-refractivity contribution in [3.8, 4) is 0 Å². The van der Waals surface area contributed by atoms with Crippen molar-refractivity contribution in [1.29, 1.82) is 0 Å². The van der Waals surface area contributed by atoms with Gasteiger partial charge in [-0.25, -0.2) is 0 Å². The molecule has 5 atom stereocenters. The van der Waals surface area contributed by atoms with E-state index in [0.717, 1.165) is 57.3 Å². The van der Waals surface area contributed by atoms with Gasteiger partial charge in [0.1, 0.15) is 5.60 Å². The second-order valence-electron chi connectivity index (χ2n) is 13.1. The molecule has 0 spiro atoms. The summed E-state index contributed by atoms with van der Waals surface area (Å²) in [5.74, 6) is 2.13. The average molecular weight is 499 g/mol. The topological polar surface area (TPSA) is 46.5 Å². The van der Waals surface area contributed by atoms with Crippen molar-refractivity contribution < 1.29 is 14.6 Å². The molecule has 0 aromatic rings. The van der Waals surface area contributed by atoms with Gasteiger partial charge in [-0.2, -0.15) is 0 Å². The first-order valence-corrected chi connectivity index (χ1v) is 15.0. The van der Waals surface area contributed by atoms with Crippen LogP contribution in [-0.2, 0) is 9.53 Å². The number of hydrogen-bond acceptors (Lipinski definition) is 3. The fourth-order valence-electron chi connectivity index (χ4n) is 7.59. The van der Waals surface area contributed by atoms with E-state index in [1.165, 1.54) is 49.7 Å². The molecule has 3 rings (SSSR count). The number of allylic oxidation sites excluding steroid dienone is 4. The summed E-state index contributed by atoms with van der Waals surface area (Å²) in [5.41, 5.74) is 4.13. The van der Waals surface area contributed by atoms with Crippen LogP contribution in [0.15, 0.2) is 35.5 Å². The maximum absolute atomic E-state index is 12.2. The Morgan fingerprint density at radius 1 is 1.19 bits per heavy atom. The van der Waals surface area contributed by atoms with Crippen molar-refractivity contribution in [2.24, 2.45) is 23.2 Å². The SMILES string of the molecule is C=C1CC[C@H](O)CC1=CC=C1CCC[C@@]2(C)[C@@H]1CC[C@@H]2[C@H](C)CCCC(C)(C)OC(=O)CCCCC. The molecule has 1 N–H and O–H groups in total. The second-order valence-corrected chi connectivity index (χ2v) is 13.1. The molecule has 0 unspecified atom stereocenters. The van der Waals surface area contributed by atoms with Gasteiger partial charge in [0, 0.05) is 6.42 Å². The third-order valence-electron chi connectivity index (χ3n) is 9.73. The highest BCUT2D eigenvalue weighted by Crippen LogP contribution is 2.60. The zero-order valence-corrected chi connectivity index (χ0v) is 24.0. The molecule has 3 aliphatic carbocycles. The molecule has 0 radical (unpaired) electrons. The largest absolute Gasteiger partial charge is 0.460 e. The molecule has 0 saturated heterocycles. The summed E-state index contributed by atoms with van der Waals surface area (Å²) < 4.78 is 5.83. The average Bonchev–Trinajstić information content (AvgIpc) is 3.17. The Balaban J connectivity index is 1.54. The first kappa shape index (κ1) is 29.2. The minimum absolute atomic E-state index is 0.0320. The zero-order valence-electron chi connectivity index (χ0n) is 24.0. The van der Waals surface area contributed by atoms with Crippen LogP contribution in [0.3, 0.4) is 0 Å². The lowest BCUT2D eigenvalue weighted by molar-refractivity contribution is -0.157. The summed E-state index contributed by atoms with van der Waals surface area (Å²) >= 11 is 0. The lowest BCUT2D eigenvalue weighted by atomic mass is 9.60. The Kier molecular flexibility index (Phi) is 10.5. The van der Waals surface area contributed by atoms with Crippen molar-refractivity contribution in [1.82, 2.24) is 0 Å². The Hall–Kier alpha value is -1.35. The van der Waals surface area contributed by atoms with Crippen LogP contribution in [-0.4, -0.2) is 22.8 Å². The Morgan fingerprint density at radius 2 is 1.97 bits per heavy atom. The number of aliphatic hydroxyl groups is 1. The lowest BCUT2D eigenvalue weighted by Gasteiger charge is -2.44. The molecule has 3 heteroatoms. The van der Waals surface area contributed by atoms with E-state index in [4.69, 9.17) is 4.74 Å². The number of hydrogen-bond donors (Lipinski definition) is 1. The maximum atomic E-state index is 12.2. The standard InChI is InChI=1S/C33H54O3/c1-7-8-9-14-31(35)36-32(4,5)21-10-12-25(3)29-19-20-30-26(13-11-22-33(29,30)6)16-17-27-23-28(34)18-15-24(27)2/h16-17,25,28-30,34H,2,7-15,18-23H2,1,3-6H3/t25-,28+,29-,30-,33-/m1/s1. The van der Waals surface area contributed by atoms with Crippen LogP contribution in [0.2, 0.25) is 0 Å². The minimum atomic E-state index is -0.365. The van der Waals surface area contributed by atoms with Gasteiger partial charge in [-0.1, -0.05) is 69.9 Å². The zero-order chi connectivity index (χ0) is 26.3. The van der Waals surface area contributed by atoms with Gasteiger partial charge in [-0.15, -0.1) is 0 Å². The van der Waals surface area contributed by atoms with E-state index in [9.17, 15) is 9.90 Å². The summed E-state index contributed by atoms with van der Waals surface area (Å²) in [6, 6.07) is 0. The number of aliphatic hydroxyl groups excluding tert-OH is 1. The van der Waals surface area contributed by atoms with Gasteiger partial charge in [0.2, 0.25) is 0 Å². The van der Waals surface area contributed by atoms with Crippen molar-refractivity contribution in [2.45, 2.75) is 143 Å². The van der Waals surface area contributed by atoms with Crippen molar-refractivity contribution in [3.05, 3.63) is 35.5 Å². The van der Waals surface area contributed by atoms with Crippen molar-refractivity contribution >= 4 is 5.97 Å². The van der Waals surface area contributed by atoms with Gasteiger partial charge in [-0.05, 0) is 113 Å². The second kappa shape index (κ2) is 12.9. The molecule has 0 aliphatic heterocycles. The summed E-state index contributed by atoms with van der Waals surface area (Å²) in [4.78, 5) is 12.2. The molecular weight excluding hydrogens is 444 g/mol. The first-order chi connectivity index (χ1) is 17.1. The number of unbranched alkanes of at least 4 members (excludes halogenated alkanes) is 2. The highest BCUT2D eigenvalue weighted by Gasteiger charge is 2.50. The van der Waals surface area contributed by atoms with E-state index in [1.807, 2.05) is 0 Å². The van der Waals surface area contributed by atoms with Crippen LogP contribution in [0.4, 0.5) is 0 Å². The van der Waals surface area contributed by atoms with E-state index in [0.29, 0.717) is 23.7 Å². The van der Waals surface area contributed by atoms with Gasteiger partial charge in [-0.3, -0.25) is 4.79 Å². The van der Waals surface area contributed by atoms with Crippen LogP contribution in [0, 0.1) is 23.2 Å². The molecule has 3 saturated carbocycles. The van der Waals surface area contributed by atoms with Crippen LogP contribution >= 0.6 is 0 Å². The molecule has 204 valence electrons. The first-order valence-electron chi connectivity index (χ1n) is 15.0. The number of carbonyl (C=O) groups excluding carboxylic acids is 1. The molecule has 0 aromatic carbocycles. The van der Waals surface area contributed by atoms with E-state index >= 15 is 0 Å². The third kappa shape index (κ3) is 7.59. The van der Waals surface area contributed by atoms with Gasteiger partial charge in [0.25, 0.3) is 0 Å². The van der Waals surface area contributed by atoms with E-state index < -0.39 is 0 Å². The summed E-state index contributed by atoms with van der Waals surface area (Å²) in [6.45, 7) is 15.6. The Morgan fingerprint density at radius 3 is 2.72 bits per heavy atom. The monoisotopic (exact) mass is 498 g/mol. The Labute approximate surface area is 221 Å². The normalized spacial score (nSPS) is 32.1. The molecular formula is C33H54O3. The predicted octanol–water partition coefficient (Wildman–Crippen LogP) is 8.87. The molecule has 0 heterocycles. The fraction of sp³-hybridized carbons (Fsp3) is 0.788. The number of carbonyl (C=O) groups is 1. The third-order valence-corrected chi connectivity index (χ3v) is 9.73.